The van der Waals surface area contributed by atoms with Gasteiger partial charge in [-0.15, -0.1) is 0 Å². The molecule has 1 aromatic carbocycles. The molecule has 2 rings (SSSR count). The van der Waals surface area contributed by atoms with Crippen LogP contribution in [0.25, 0.3) is 11.3 Å². The van der Waals surface area contributed by atoms with Gasteiger partial charge in [-0.25, -0.2) is 9.78 Å². The summed E-state index contributed by atoms with van der Waals surface area (Å²) in [5.74, 6) is -0.444. The van der Waals surface area contributed by atoms with Crippen molar-refractivity contribution in [3.63, 3.8) is 0 Å². The van der Waals surface area contributed by atoms with Crippen molar-refractivity contribution in [2.45, 2.75) is 0 Å². The van der Waals surface area contributed by atoms with Gasteiger partial charge >= 0.3 is 5.97 Å². The molecule has 1 aromatic heterocycles. The third kappa shape index (κ3) is 2.04. The van der Waals surface area contributed by atoms with Gasteiger partial charge < -0.3 is 14.4 Å². The average Bonchev–Trinajstić information content (AvgIpc) is 2.66. The SMILES string of the molecule is COc1cccc(-c2nc(Cl)n(C)c2C(=O)O)c1. The first-order valence-corrected chi connectivity index (χ1v) is 5.52. The van der Waals surface area contributed by atoms with E-state index in [9.17, 15) is 9.90 Å². The van der Waals surface area contributed by atoms with Crippen molar-refractivity contribution in [2.24, 2.45) is 7.05 Å². The van der Waals surface area contributed by atoms with Crippen LogP contribution in [-0.4, -0.2) is 27.7 Å². The second-order valence-electron chi connectivity index (χ2n) is 3.67. The van der Waals surface area contributed by atoms with E-state index in [2.05, 4.69) is 4.98 Å². The molecule has 0 radical (unpaired) electrons. The van der Waals surface area contributed by atoms with Crippen molar-refractivity contribution in [2.75, 3.05) is 7.11 Å². The van der Waals surface area contributed by atoms with E-state index in [1.807, 2.05) is 0 Å². The number of imidazole rings is 1. The number of rotatable bonds is 3. The van der Waals surface area contributed by atoms with Crippen LogP contribution >= 0.6 is 11.6 Å². The molecule has 0 aliphatic heterocycles. The van der Waals surface area contributed by atoms with E-state index in [0.29, 0.717) is 17.0 Å². The number of carboxylic acids is 1. The van der Waals surface area contributed by atoms with E-state index in [1.165, 1.54) is 4.57 Å². The van der Waals surface area contributed by atoms with E-state index >= 15 is 0 Å². The van der Waals surface area contributed by atoms with Gasteiger partial charge in [-0.1, -0.05) is 12.1 Å². The number of carboxylic acid groups (broad SMARTS) is 1. The highest BCUT2D eigenvalue weighted by Crippen LogP contribution is 2.28. The molecule has 1 N–H and O–H groups in total. The van der Waals surface area contributed by atoms with Crippen LogP contribution in [0.1, 0.15) is 10.5 Å². The monoisotopic (exact) mass is 266 g/mol. The van der Waals surface area contributed by atoms with Gasteiger partial charge in [0, 0.05) is 12.6 Å². The minimum Gasteiger partial charge on any atom is -0.497 e. The van der Waals surface area contributed by atoms with Gasteiger partial charge in [-0.3, -0.25) is 0 Å². The molecule has 6 heteroatoms. The van der Waals surface area contributed by atoms with Gasteiger partial charge in [-0.2, -0.15) is 0 Å². The molecule has 2 aromatic rings. The number of carbonyl (C=O) groups is 1. The standard InChI is InChI=1S/C12H11ClN2O3/c1-15-10(11(16)17)9(14-12(15)13)7-4-3-5-8(6-7)18-2/h3-6H,1-2H3,(H,16,17). The Hall–Kier alpha value is -2.01. The summed E-state index contributed by atoms with van der Waals surface area (Å²) in [5, 5.41) is 9.33. The maximum absolute atomic E-state index is 11.2. The molecule has 0 bridgehead atoms. The van der Waals surface area contributed by atoms with E-state index in [1.54, 1.807) is 38.4 Å². The Morgan fingerprint density at radius 3 is 2.83 bits per heavy atom. The van der Waals surface area contributed by atoms with Crippen LogP contribution < -0.4 is 4.74 Å². The predicted octanol–water partition coefficient (Wildman–Crippen LogP) is 2.45. The summed E-state index contributed by atoms with van der Waals surface area (Å²) in [6.45, 7) is 0. The first kappa shape index (κ1) is 12.4. The first-order valence-electron chi connectivity index (χ1n) is 5.14. The summed E-state index contributed by atoms with van der Waals surface area (Å²) in [7, 11) is 3.10. The van der Waals surface area contributed by atoms with Gasteiger partial charge in [0.15, 0.2) is 5.69 Å². The fourth-order valence-corrected chi connectivity index (χ4v) is 1.86. The zero-order valence-electron chi connectivity index (χ0n) is 9.85. The quantitative estimate of drug-likeness (QED) is 0.927. The molecule has 0 aliphatic carbocycles. The van der Waals surface area contributed by atoms with Gasteiger partial charge in [0.05, 0.1) is 7.11 Å². The van der Waals surface area contributed by atoms with E-state index in [4.69, 9.17) is 16.3 Å². The number of benzene rings is 1. The Morgan fingerprint density at radius 1 is 1.50 bits per heavy atom. The lowest BCUT2D eigenvalue weighted by Gasteiger charge is -2.03. The molecule has 0 aliphatic rings. The summed E-state index contributed by atoms with van der Waals surface area (Å²) in [6, 6.07) is 7.01. The molecule has 0 atom stereocenters. The number of aromatic carboxylic acids is 1. The highest BCUT2D eigenvalue weighted by atomic mass is 35.5. The smallest absolute Gasteiger partial charge is 0.354 e. The third-order valence-electron chi connectivity index (χ3n) is 2.59. The molecule has 5 nitrogen and oxygen atoms in total. The van der Waals surface area contributed by atoms with Crippen molar-refractivity contribution >= 4 is 17.6 Å². The van der Waals surface area contributed by atoms with Gasteiger partial charge in [-0.05, 0) is 23.7 Å². The Kier molecular flexibility index (Phi) is 3.25. The summed E-state index contributed by atoms with van der Waals surface area (Å²) in [5.41, 5.74) is 1.02. The number of aromatic nitrogens is 2. The maximum Gasteiger partial charge on any atom is 0.354 e. The lowest BCUT2D eigenvalue weighted by atomic mass is 10.1. The van der Waals surface area contributed by atoms with Crippen molar-refractivity contribution < 1.29 is 14.6 Å². The lowest BCUT2D eigenvalue weighted by molar-refractivity contribution is 0.0687. The minimum atomic E-state index is -1.07. The van der Waals surface area contributed by atoms with Gasteiger partial charge in [0.25, 0.3) is 0 Å². The Bertz CT molecular complexity index is 607. The largest absolute Gasteiger partial charge is 0.497 e. The van der Waals surface area contributed by atoms with E-state index in [0.717, 1.165) is 0 Å². The molecule has 18 heavy (non-hydrogen) atoms. The molecule has 0 saturated carbocycles. The van der Waals surface area contributed by atoms with Crippen molar-refractivity contribution in [3.8, 4) is 17.0 Å². The number of halogens is 1. The molecule has 0 fully saturated rings. The third-order valence-corrected chi connectivity index (χ3v) is 2.92. The summed E-state index contributed by atoms with van der Waals surface area (Å²) < 4.78 is 6.43. The molecule has 0 saturated heterocycles. The van der Waals surface area contributed by atoms with Crippen LogP contribution in [0, 0.1) is 0 Å². The Labute approximate surface area is 109 Å². The highest BCUT2D eigenvalue weighted by molar-refractivity contribution is 6.29. The second kappa shape index (κ2) is 4.70. The average molecular weight is 267 g/mol. The van der Waals surface area contributed by atoms with Gasteiger partial charge in [0.2, 0.25) is 5.28 Å². The van der Waals surface area contributed by atoms with Crippen LogP contribution in [0.5, 0.6) is 5.75 Å². The fourth-order valence-electron chi connectivity index (χ4n) is 1.69. The van der Waals surface area contributed by atoms with Crippen LogP contribution in [-0.2, 0) is 7.05 Å². The second-order valence-corrected chi connectivity index (χ2v) is 4.01. The zero-order chi connectivity index (χ0) is 13.3. The minimum absolute atomic E-state index is 0.0493. The molecule has 1 heterocycles. The lowest BCUT2D eigenvalue weighted by Crippen LogP contribution is -2.06. The summed E-state index contributed by atoms with van der Waals surface area (Å²) in [6.07, 6.45) is 0. The van der Waals surface area contributed by atoms with Crippen LogP contribution in [0.2, 0.25) is 5.28 Å². The van der Waals surface area contributed by atoms with Crippen LogP contribution in [0.3, 0.4) is 0 Å². The Morgan fingerprint density at radius 2 is 2.22 bits per heavy atom. The number of hydrogen-bond acceptors (Lipinski definition) is 3. The van der Waals surface area contributed by atoms with Crippen molar-refractivity contribution in [1.82, 2.24) is 9.55 Å². The van der Waals surface area contributed by atoms with Crippen LogP contribution in [0.4, 0.5) is 0 Å². The predicted molar refractivity (Wildman–Crippen MR) is 67.2 cm³/mol. The highest BCUT2D eigenvalue weighted by Gasteiger charge is 2.21. The topological polar surface area (TPSA) is 64.4 Å². The van der Waals surface area contributed by atoms with Crippen molar-refractivity contribution in [1.29, 1.82) is 0 Å². The maximum atomic E-state index is 11.2. The molecule has 0 spiro atoms. The normalized spacial score (nSPS) is 10.4. The molecule has 94 valence electrons. The Balaban J connectivity index is 2.63. The number of hydrogen-bond donors (Lipinski definition) is 1. The number of ether oxygens (including phenoxy) is 1. The molecule has 0 unspecified atom stereocenters. The molecular weight excluding hydrogens is 256 g/mol. The summed E-state index contributed by atoms with van der Waals surface area (Å²) in [4.78, 5) is 15.3. The number of methoxy groups -OCH3 is 1. The zero-order valence-corrected chi connectivity index (χ0v) is 10.6. The summed E-state index contributed by atoms with van der Waals surface area (Å²) >= 11 is 5.86. The molecule has 0 amide bonds. The van der Waals surface area contributed by atoms with Gasteiger partial charge in [0.1, 0.15) is 11.4 Å². The first-order chi connectivity index (χ1) is 8.54. The number of nitrogens with zero attached hydrogens (tertiary/aromatic N) is 2. The van der Waals surface area contributed by atoms with E-state index in [-0.39, 0.29) is 11.0 Å². The van der Waals surface area contributed by atoms with E-state index < -0.39 is 5.97 Å². The fraction of sp³-hybridized carbons (Fsp3) is 0.167. The molecular formula is C12H11ClN2O3. The van der Waals surface area contributed by atoms with Crippen molar-refractivity contribution in [3.05, 3.63) is 35.2 Å². The van der Waals surface area contributed by atoms with Crippen LogP contribution in [0.15, 0.2) is 24.3 Å².